The Morgan fingerprint density at radius 1 is 1.41 bits per heavy atom. The zero-order valence-electron chi connectivity index (χ0n) is 9.77. The van der Waals surface area contributed by atoms with Crippen LogP contribution in [0.4, 0.5) is 0 Å². The third kappa shape index (κ3) is 2.46. The molecule has 1 aliphatic heterocycles. The van der Waals surface area contributed by atoms with Crippen LogP contribution in [0.5, 0.6) is 5.75 Å². The van der Waals surface area contributed by atoms with Gasteiger partial charge < -0.3 is 10.0 Å². The van der Waals surface area contributed by atoms with Crippen molar-refractivity contribution in [3.8, 4) is 5.75 Å². The quantitative estimate of drug-likeness (QED) is 0.799. The van der Waals surface area contributed by atoms with E-state index >= 15 is 0 Å². The molecule has 0 saturated carbocycles. The van der Waals surface area contributed by atoms with Crippen LogP contribution in [0, 0.1) is 6.92 Å². The van der Waals surface area contributed by atoms with E-state index < -0.39 is 0 Å². The zero-order valence-corrected chi connectivity index (χ0v) is 9.77. The van der Waals surface area contributed by atoms with Gasteiger partial charge in [0.15, 0.2) is 5.78 Å². The number of ketones is 1. The van der Waals surface area contributed by atoms with Gasteiger partial charge in [-0.2, -0.15) is 0 Å². The number of carbonyl (C=O) groups excluding carboxylic acids is 2. The van der Waals surface area contributed by atoms with E-state index in [1.165, 1.54) is 6.07 Å². The fraction of sp³-hybridized carbons (Fsp3) is 0.385. The van der Waals surface area contributed by atoms with Gasteiger partial charge in [0.2, 0.25) is 0 Å². The van der Waals surface area contributed by atoms with Crippen LogP contribution in [0.25, 0.3) is 0 Å². The minimum absolute atomic E-state index is 0.111. The number of aromatic hydroxyl groups is 1. The van der Waals surface area contributed by atoms with Crippen LogP contribution in [-0.4, -0.2) is 34.8 Å². The molecule has 2 rings (SSSR count). The first-order chi connectivity index (χ1) is 8.08. The lowest BCUT2D eigenvalue weighted by Crippen LogP contribution is -2.40. The van der Waals surface area contributed by atoms with Crippen molar-refractivity contribution in [2.45, 2.75) is 19.8 Å². The molecule has 0 unspecified atom stereocenters. The lowest BCUT2D eigenvalue weighted by atomic mass is 10.1. The SMILES string of the molecule is Cc1cc(C(=O)N2CCCC(=O)C2)ccc1O. The highest BCUT2D eigenvalue weighted by Crippen LogP contribution is 2.19. The summed E-state index contributed by atoms with van der Waals surface area (Å²) in [4.78, 5) is 25.0. The molecule has 1 aromatic rings. The topological polar surface area (TPSA) is 57.6 Å². The first kappa shape index (κ1) is 11.6. The van der Waals surface area contributed by atoms with Gasteiger partial charge in [-0.05, 0) is 37.1 Å². The largest absolute Gasteiger partial charge is 0.508 e. The second kappa shape index (κ2) is 4.57. The van der Waals surface area contributed by atoms with Gasteiger partial charge in [0.1, 0.15) is 5.75 Å². The molecule has 1 aliphatic rings. The summed E-state index contributed by atoms with van der Waals surface area (Å²) in [5, 5.41) is 9.40. The molecule has 1 saturated heterocycles. The number of hydrogen-bond donors (Lipinski definition) is 1. The van der Waals surface area contributed by atoms with Crippen molar-refractivity contribution >= 4 is 11.7 Å². The molecular weight excluding hydrogens is 218 g/mol. The predicted octanol–water partition coefficient (Wildman–Crippen LogP) is 1.51. The van der Waals surface area contributed by atoms with E-state index in [4.69, 9.17) is 0 Å². The smallest absolute Gasteiger partial charge is 0.254 e. The number of carbonyl (C=O) groups is 2. The molecule has 1 aromatic carbocycles. The predicted molar refractivity (Wildman–Crippen MR) is 63.0 cm³/mol. The van der Waals surface area contributed by atoms with Crippen molar-refractivity contribution in [3.05, 3.63) is 29.3 Å². The Morgan fingerprint density at radius 2 is 2.18 bits per heavy atom. The van der Waals surface area contributed by atoms with Crippen molar-refractivity contribution in [1.82, 2.24) is 4.90 Å². The number of aryl methyl sites for hydroxylation is 1. The first-order valence-corrected chi connectivity index (χ1v) is 5.68. The van der Waals surface area contributed by atoms with Gasteiger partial charge in [-0.25, -0.2) is 0 Å². The highest BCUT2D eigenvalue weighted by Gasteiger charge is 2.22. The Morgan fingerprint density at radius 3 is 2.82 bits per heavy atom. The molecule has 0 bridgehead atoms. The molecule has 1 fully saturated rings. The van der Waals surface area contributed by atoms with Crippen LogP contribution >= 0.6 is 0 Å². The Bertz CT molecular complexity index is 468. The monoisotopic (exact) mass is 233 g/mol. The summed E-state index contributed by atoms with van der Waals surface area (Å²) < 4.78 is 0. The zero-order chi connectivity index (χ0) is 12.4. The summed E-state index contributed by atoms with van der Waals surface area (Å²) in [6.45, 7) is 2.58. The van der Waals surface area contributed by atoms with Gasteiger partial charge >= 0.3 is 0 Å². The van der Waals surface area contributed by atoms with Gasteiger partial charge in [-0.3, -0.25) is 9.59 Å². The highest BCUT2D eigenvalue weighted by molar-refractivity contribution is 5.97. The van der Waals surface area contributed by atoms with E-state index in [-0.39, 0.29) is 24.0 Å². The summed E-state index contributed by atoms with van der Waals surface area (Å²) in [6, 6.07) is 4.74. The van der Waals surface area contributed by atoms with E-state index in [0.717, 1.165) is 6.42 Å². The number of hydrogen-bond acceptors (Lipinski definition) is 3. The molecule has 4 nitrogen and oxygen atoms in total. The van der Waals surface area contributed by atoms with Crippen molar-refractivity contribution in [2.75, 3.05) is 13.1 Å². The lowest BCUT2D eigenvalue weighted by molar-refractivity contribution is -0.121. The summed E-state index contributed by atoms with van der Waals surface area (Å²) in [7, 11) is 0. The van der Waals surface area contributed by atoms with Gasteiger partial charge in [0.25, 0.3) is 5.91 Å². The number of benzene rings is 1. The third-order valence-electron chi connectivity index (χ3n) is 2.98. The van der Waals surface area contributed by atoms with Crippen molar-refractivity contribution < 1.29 is 14.7 Å². The molecule has 90 valence electrons. The second-order valence-corrected chi connectivity index (χ2v) is 4.37. The average Bonchev–Trinajstić information content (AvgIpc) is 2.32. The molecule has 0 radical (unpaired) electrons. The summed E-state index contributed by atoms with van der Waals surface area (Å²) in [5.74, 6) is 0.150. The Kier molecular flexibility index (Phi) is 3.13. The fourth-order valence-corrected chi connectivity index (χ4v) is 1.98. The minimum atomic E-state index is -0.138. The molecule has 0 aromatic heterocycles. The van der Waals surface area contributed by atoms with Crippen LogP contribution in [0.15, 0.2) is 18.2 Å². The number of rotatable bonds is 1. The number of Topliss-reactive ketones (excluding diaryl/α,β-unsaturated/α-hetero) is 1. The molecule has 0 spiro atoms. The molecule has 17 heavy (non-hydrogen) atoms. The van der Waals surface area contributed by atoms with Crippen LogP contribution in [-0.2, 0) is 4.79 Å². The van der Waals surface area contributed by atoms with Crippen LogP contribution in [0.2, 0.25) is 0 Å². The molecular formula is C13H15NO3. The van der Waals surface area contributed by atoms with Gasteiger partial charge in [0, 0.05) is 18.5 Å². The fourth-order valence-electron chi connectivity index (χ4n) is 1.98. The van der Waals surface area contributed by atoms with Crippen molar-refractivity contribution in [1.29, 1.82) is 0 Å². The summed E-state index contributed by atoms with van der Waals surface area (Å²) in [6.07, 6.45) is 1.31. The van der Waals surface area contributed by atoms with Crippen LogP contribution < -0.4 is 0 Å². The molecule has 4 heteroatoms. The summed E-state index contributed by atoms with van der Waals surface area (Å²) >= 11 is 0. The molecule has 0 atom stereocenters. The number of phenols is 1. The molecule has 0 aliphatic carbocycles. The van der Waals surface area contributed by atoms with E-state index in [0.29, 0.717) is 24.1 Å². The number of nitrogens with zero attached hydrogens (tertiary/aromatic N) is 1. The molecule has 1 N–H and O–H groups in total. The number of likely N-dealkylation sites (tertiary alicyclic amines) is 1. The molecule has 1 amide bonds. The Balaban J connectivity index is 2.18. The number of amides is 1. The van der Waals surface area contributed by atoms with Crippen LogP contribution in [0.3, 0.4) is 0 Å². The van der Waals surface area contributed by atoms with Crippen molar-refractivity contribution in [2.24, 2.45) is 0 Å². The standard InChI is InChI=1S/C13H15NO3/c1-9-7-10(4-5-12(9)16)13(17)14-6-2-3-11(15)8-14/h4-5,7,16H,2-3,6,8H2,1H3. The minimum Gasteiger partial charge on any atom is -0.508 e. The van der Waals surface area contributed by atoms with E-state index in [9.17, 15) is 14.7 Å². The van der Waals surface area contributed by atoms with Gasteiger partial charge in [-0.1, -0.05) is 0 Å². The molecule has 1 heterocycles. The Hall–Kier alpha value is -1.84. The van der Waals surface area contributed by atoms with E-state index in [1.54, 1.807) is 24.0 Å². The highest BCUT2D eigenvalue weighted by atomic mass is 16.3. The normalized spacial score (nSPS) is 16.1. The first-order valence-electron chi connectivity index (χ1n) is 5.68. The van der Waals surface area contributed by atoms with Crippen LogP contribution in [0.1, 0.15) is 28.8 Å². The van der Waals surface area contributed by atoms with Crippen molar-refractivity contribution in [3.63, 3.8) is 0 Å². The maximum absolute atomic E-state index is 12.1. The second-order valence-electron chi connectivity index (χ2n) is 4.37. The van der Waals surface area contributed by atoms with Gasteiger partial charge in [-0.15, -0.1) is 0 Å². The van der Waals surface area contributed by atoms with E-state index in [1.807, 2.05) is 0 Å². The number of phenolic OH excluding ortho intramolecular Hbond substituents is 1. The maximum atomic E-state index is 12.1. The summed E-state index contributed by atoms with van der Waals surface area (Å²) in [5.41, 5.74) is 1.19. The lowest BCUT2D eigenvalue weighted by Gasteiger charge is -2.26. The van der Waals surface area contributed by atoms with Gasteiger partial charge in [0.05, 0.1) is 6.54 Å². The Labute approximate surface area is 99.9 Å². The van der Waals surface area contributed by atoms with E-state index in [2.05, 4.69) is 0 Å². The third-order valence-corrected chi connectivity index (χ3v) is 2.98. The average molecular weight is 233 g/mol. The maximum Gasteiger partial charge on any atom is 0.254 e. The number of piperidine rings is 1.